The van der Waals surface area contributed by atoms with Gasteiger partial charge >= 0.3 is 0 Å². The van der Waals surface area contributed by atoms with Crippen LogP contribution in [0.1, 0.15) is 18.1 Å². The molecule has 0 heterocycles. The van der Waals surface area contributed by atoms with Crippen LogP contribution in [0.5, 0.6) is 0 Å². The molecule has 0 aliphatic heterocycles. The second kappa shape index (κ2) is 5.35. The van der Waals surface area contributed by atoms with Gasteiger partial charge in [-0.2, -0.15) is 0 Å². The number of rotatable bonds is 4. The fourth-order valence-corrected chi connectivity index (χ4v) is 1.20. The second-order valence-electron chi connectivity index (χ2n) is 3.90. The van der Waals surface area contributed by atoms with Gasteiger partial charge in [-0.1, -0.05) is 42.0 Å². The molecule has 0 aromatic heterocycles. The topological polar surface area (TPSA) is 29.1 Å². The van der Waals surface area contributed by atoms with Gasteiger partial charge in [-0.15, -0.1) is 0 Å². The molecule has 2 nitrogen and oxygen atoms in total. The van der Waals surface area contributed by atoms with Gasteiger partial charge in [-0.3, -0.25) is 4.79 Å². The van der Waals surface area contributed by atoms with Crippen LogP contribution in [0.25, 0.3) is 0 Å². The SMILES string of the molecule is C=C(C)CNC(=O)Cc1ccc(C)cc1. The van der Waals surface area contributed by atoms with E-state index in [0.29, 0.717) is 13.0 Å². The molecule has 80 valence electrons. The van der Waals surface area contributed by atoms with Crippen molar-refractivity contribution in [2.75, 3.05) is 6.54 Å². The zero-order valence-electron chi connectivity index (χ0n) is 9.34. The molecule has 1 rings (SSSR count). The van der Waals surface area contributed by atoms with Crippen LogP contribution in [0.4, 0.5) is 0 Å². The Labute approximate surface area is 91.0 Å². The van der Waals surface area contributed by atoms with Gasteiger partial charge in [0.15, 0.2) is 0 Å². The van der Waals surface area contributed by atoms with Crippen molar-refractivity contribution in [1.82, 2.24) is 5.32 Å². The summed E-state index contributed by atoms with van der Waals surface area (Å²) in [5.41, 5.74) is 3.22. The van der Waals surface area contributed by atoms with Gasteiger partial charge < -0.3 is 5.32 Å². The van der Waals surface area contributed by atoms with Crippen LogP contribution in [-0.4, -0.2) is 12.5 Å². The Morgan fingerprint density at radius 1 is 1.33 bits per heavy atom. The summed E-state index contributed by atoms with van der Waals surface area (Å²) in [6, 6.07) is 7.99. The predicted molar refractivity (Wildman–Crippen MR) is 62.7 cm³/mol. The molecular weight excluding hydrogens is 186 g/mol. The average Bonchev–Trinajstić information content (AvgIpc) is 2.19. The summed E-state index contributed by atoms with van der Waals surface area (Å²) < 4.78 is 0. The Morgan fingerprint density at radius 3 is 2.47 bits per heavy atom. The van der Waals surface area contributed by atoms with Gasteiger partial charge in [0, 0.05) is 6.54 Å². The highest BCUT2D eigenvalue weighted by atomic mass is 16.1. The molecule has 0 spiro atoms. The quantitative estimate of drug-likeness (QED) is 0.747. The molecule has 0 bridgehead atoms. The van der Waals surface area contributed by atoms with Crippen molar-refractivity contribution in [2.24, 2.45) is 0 Å². The molecule has 0 fully saturated rings. The van der Waals surface area contributed by atoms with Gasteiger partial charge in [0.1, 0.15) is 0 Å². The summed E-state index contributed by atoms with van der Waals surface area (Å²) in [4.78, 5) is 11.4. The summed E-state index contributed by atoms with van der Waals surface area (Å²) in [7, 11) is 0. The van der Waals surface area contributed by atoms with Gasteiger partial charge in [0.25, 0.3) is 0 Å². The Bertz CT molecular complexity index is 351. The Hall–Kier alpha value is -1.57. The monoisotopic (exact) mass is 203 g/mol. The van der Waals surface area contributed by atoms with E-state index < -0.39 is 0 Å². The highest BCUT2D eigenvalue weighted by Crippen LogP contribution is 2.03. The minimum atomic E-state index is 0.0434. The first-order valence-electron chi connectivity index (χ1n) is 5.04. The molecule has 0 aliphatic rings. The normalized spacial score (nSPS) is 9.73. The number of benzene rings is 1. The standard InChI is InChI=1S/C13H17NO/c1-10(2)9-14-13(15)8-12-6-4-11(3)5-7-12/h4-7H,1,8-9H2,2-3H3,(H,14,15). The number of amides is 1. The van der Waals surface area contributed by atoms with E-state index in [4.69, 9.17) is 0 Å². The maximum absolute atomic E-state index is 11.4. The number of hydrogen-bond donors (Lipinski definition) is 1. The molecule has 1 N–H and O–H groups in total. The predicted octanol–water partition coefficient (Wildman–Crippen LogP) is 2.23. The molecule has 1 aromatic rings. The molecule has 0 radical (unpaired) electrons. The van der Waals surface area contributed by atoms with Crippen LogP contribution in [-0.2, 0) is 11.2 Å². The van der Waals surface area contributed by atoms with E-state index in [-0.39, 0.29) is 5.91 Å². The second-order valence-corrected chi connectivity index (χ2v) is 3.90. The summed E-state index contributed by atoms with van der Waals surface area (Å²) in [5, 5.41) is 2.81. The van der Waals surface area contributed by atoms with Crippen LogP contribution in [0.3, 0.4) is 0 Å². The first kappa shape index (κ1) is 11.5. The van der Waals surface area contributed by atoms with Crippen molar-refractivity contribution < 1.29 is 4.79 Å². The van der Waals surface area contributed by atoms with Gasteiger partial charge in [0.05, 0.1) is 6.42 Å². The minimum absolute atomic E-state index is 0.0434. The molecule has 2 heteroatoms. The summed E-state index contributed by atoms with van der Waals surface area (Å²) in [6.45, 7) is 8.22. The van der Waals surface area contributed by atoms with Crippen LogP contribution in [0, 0.1) is 6.92 Å². The molecular formula is C13H17NO. The smallest absolute Gasteiger partial charge is 0.224 e. The van der Waals surface area contributed by atoms with Crippen LogP contribution in [0.15, 0.2) is 36.4 Å². The maximum Gasteiger partial charge on any atom is 0.224 e. The van der Waals surface area contributed by atoms with Crippen molar-refractivity contribution in [3.8, 4) is 0 Å². The minimum Gasteiger partial charge on any atom is -0.352 e. The lowest BCUT2D eigenvalue weighted by atomic mass is 10.1. The number of nitrogens with one attached hydrogen (secondary N) is 1. The van der Waals surface area contributed by atoms with Crippen LogP contribution < -0.4 is 5.32 Å². The lowest BCUT2D eigenvalue weighted by Gasteiger charge is -2.04. The molecule has 1 aromatic carbocycles. The molecule has 1 amide bonds. The third-order valence-corrected chi connectivity index (χ3v) is 2.07. The van der Waals surface area contributed by atoms with Crippen LogP contribution >= 0.6 is 0 Å². The third kappa shape index (κ3) is 4.45. The summed E-state index contributed by atoms with van der Waals surface area (Å²) in [5.74, 6) is 0.0434. The Kier molecular flexibility index (Phi) is 4.10. The molecule has 0 unspecified atom stereocenters. The first-order chi connectivity index (χ1) is 7.08. The van der Waals surface area contributed by atoms with E-state index in [2.05, 4.69) is 11.9 Å². The van der Waals surface area contributed by atoms with Crippen molar-refractivity contribution >= 4 is 5.91 Å². The average molecular weight is 203 g/mol. The number of aryl methyl sites for hydroxylation is 1. The van der Waals surface area contributed by atoms with Crippen molar-refractivity contribution in [3.05, 3.63) is 47.5 Å². The fourth-order valence-electron chi connectivity index (χ4n) is 1.20. The zero-order chi connectivity index (χ0) is 11.3. The van der Waals surface area contributed by atoms with Gasteiger partial charge in [0.2, 0.25) is 5.91 Å². The lowest BCUT2D eigenvalue weighted by molar-refractivity contribution is -0.120. The van der Waals surface area contributed by atoms with Crippen molar-refractivity contribution in [2.45, 2.75) is 20.3 Å². The zero-order valence-corrected chi connectivity index (χ0v) is 9.34. The van der Waals surface area contributed by atoms with Gasteiger partial charge in [-0.05, 0) is 19.4 Å². The Morgan fingerprint density at radius 2 is 1.93 bits per heavy atom. The number of carbonyl (C=O) groups is 1. The van der Waals surface area contributed by atoms with E-state index in [1.165, 1.54) is 5.56 Å². The number of hydrogen-bond acceptors (Lipinski definition) is 1. The Balaban J connectivity index is 2.44. The highest BCUT2D eigenvalue weighted by molar-refractivity contribution is 5.78. The highest BCUT2D eigenvalue weighted by Gasteiger charge is 2.01. The van der Waals surface area contributed by atoms with E-state index >= 15 is 0 Å². The third-order valence-electron chi connectivity index (χ3n) is 2.07. The van der Waals surface area contributed by atoms with Gasteiger partial charge in [-0.25, -0.2) is 0 Å². The maximum atomic E-state index is 11.4. The summed E-state index contributed by atoms with van der Waals surface area (Å²) in [6.07, 6.45) is 0.438. The molecule has 0 aliphatic carbocycles. The first-order valence-corrected chi connectivity index (χ1v) is 5.04. The van der Waals surface area contributed by atoms with E-state index in [9.17, 15) is 4.79 Å². The van der Waals surface area contributed by atoms with E-state index in [1.807, 2.05) is 38.1 Å². The fraction of sp³-hybridized carbons (Fsp3) is 0.308. The van der Waals surface area contributed by atoms with E-state index in [0.717, 1.165) is 11.1 Å². The van der Waals surface area contributed by atoms with Crippen LogP contribution in [0.2, 0.25) is 0 Å². The molecule has 15 heavy (non-hydrogen) atoms. The largest absolute Gasteiger partial charge is 0.352 e. The number of carbonyl (C=O) groups excluding carboxylic acids is 1. The lowest BCUT2D eigenvalue weighted by Crippen LogP contribution is -2.26. The van der Waals surface area contributed by atoms with Crippen molar-refractivity contribution in [3.63, 3.8) is 0 Å². The van der Waals surface area contributed by atoms with Crippen molar-refractivity contribution in [1.29, 1.82) is 0 Å². The molecule has 0 saturated carbocycles. The van der Waals surface area contributed by atoms with E-state index in [1.54, 1.807) is 0 Å². The summed E-state index contributed by atoms with van der Waals surface area (Å²) >= 11 is 0. The molecule has 0 atom stereocenters. The molecule has 0 saturated heterocycles.